The van der Waals surface area contributed by atoms with E-state index >= 15 is 0 Å². The molecule has 0 bridgehead atoms. The summed E-state index contributed by atoms with van der Waals surface area (Å²) in [7, 11) is 0. The van der Waals surface area contributed by atoms with Crippen LogP contribution in [0.4, 0.5) is 0 Å². The first-order valence-corrected chi connectivity index (χ1v) is 10.5. The molecular formula is C22H19N5O2S. The van der Waals surface area contributed by atoms with Gasteiger partial charge in [-0.15, -0.1) is 11.8 Å². The lowest BCUT2D eigenvalue weighted by atomic mass is 9.94. The van der Waals surface area contributed by atoms with Gasteiger partial charge in [-0.2, -0.15) is 10.3 Å². The first-order valence-electron chi connectivity index (χ1n) is 9.26. The minimum Gasteiger partial charge on any atom is -0.351 e. The number of carbonyl (C=O) groups is 2. The van der Waals surface area contributed by atoms with Gasteiger partial charge >= 0.3 is 0 Å². The monoisotopic (exact) mass is 417 g/mol. The Morgan fingerprint density at radius 3 is 2.60 bits per heavy atom. The molecule has 0 aromatic heterocycles. The Morgan fingerprint density at radius 2 is 1.93 bits per heavy atom. The highest BCUT2D eigenvalue weighted by Gasteiger charge is 2.37. The van der Waals surface area contributed by atoms with Gasteiger partial charge in [-0.1, -0.05) is 42.5 Å². The molecule has 0 radical (unpaired) electrons. The van der Waals surface area contributed by atoms with Crippen molar-refractivity contribution in [2.24, 2.45) is 4.99 Å². The average Bonchev–Trinajstić information content (AvgIpc) is 2.98. The zero-order valence-corrected chi connectivity index (χ0v) is 17.5. The second kappa shape index (κ2) is 7.35. The number of carbonyl (C=O) groups excluding carboxylic acids is 2. The van der Waals surface area contributed by atoms with E-state index in [-0.39, 0.29) is 11.4 Å². The number of thioether (sulfide) groups is 1. The minimum atomic E-state index is -0.920. The van der Waals surface area contributed by atoms with Crippen LogP contribution in [-0.2, 0) is 15.3 Å². The lowest BCUT2D eigenvalue weighted by Crippen LogP contribution is -2.51. The molecule has 0 fully saturated rings. The van der Waals surface area contributed by atoms with Crippen LogP contribution in [0.3, 0.4) is 0 Å². The second-order valence-electron chi connectivity index (χ2n) is 7.12. The zero-order valence-electron chi connectivity index (χ0n) is 16.7. The van der Waals surface area contributed by atoms with E-state index in [2.05, 4.69) is 16.8 Å². The number of nitriles is 1. The number of nitrogens with one attached hydrogen (secondary N) is 2. The molecule has 4 rings (SSSR count). The Bertz CT molecular complexity index is 1220. The largest absolute Gasteiger partial charge is 0.351 e. The van der Waals surface area contributed by atoms with E-state index in [4.69, 9.17) is 4.99 Å². The maximum atomic E-state index is 12.3. The van der Waals surface area contributed by atoms with Crippen LogP contribution in [0, 0.1) is 11.3 Å². The van der Waals surface area contributed by atoms with E-state index in [1.165, 1.54) is 17.8 Å². The number of amidine groups is 1. The summed E-state index contributed by atoms with van der Waals surface area (Å²) in [4.78, 5) is 29.3. The van der Waals surface area contributed by atoms with E-state index in [1.807, 2.05) is 55.6 Å². The van der Waals surface area contributed by atoms with Crippen LogP contribution in [0.1, 0.15) is 19.4 Å². The zero-order chi connectivity index (χ0) is 21.5. The third kappa shape index (κ3) is 3.13. The SMILES string of the molecule is CSC1=C(C#N)C(NN2C(=O)C=C(C)C2=O)=NC(C)(c2cccc3ccccc23)N1. The summed E-state index contributed by atoms with van der Waals surface area (Å²) in [6, 6.07) is 16.1. The van der Waals surface area contributed by atoms with Crippen LogP contribution < -0.4 is 10.7 Å². The van der Waals surface area contributed by atoms with Gasteiger partial charge in [-0.25, -0.2) is 4.99 Å². The summed E-state index contributed by atoms with van der Waals surface area (Å²) in [5, 5.41) is 16.7. The Kier molecular flexibility index (Phi) is 4.84. The topological polar surface area (TPSA) is 97.6 Å². The predicted molar refractivity (Wildman–Crippen MR) is 117 cm³/mol. The van der Waals surface area contributed by atoms with Crippen LogP contribution in [0.15, 0.2) is 69.7 Å². The lowest BCUT2D eigenvalue weighted by Gasteiger charge is -2.35. The summed E-state index contributed by atoms with van der Waals surface area (Å²) < 4.78 is 0. The molecular weight excluding hydrogens is 398 g/mol. The number of benzene rings is 2. The summed E-state index contributed by atoms with van der Waals surface area (Å²) in [6.07, 6.45) is 3.11. The van der Waals surface area contributed by atoms with Crippen LogP contribution >= 0.6 is 11.8 Å². The van der Waals surface area contributed by atoms with Crippen LogP contribution in [0.2, 0.25) is 0 Å². The van der Waals surface area contributed by atoms with Gasteiger partial charge in [0.2, 0.25) is 0 Å². The Hall–Kier alpha value is -3.57. The van der Waals surface area contributed by atoms with Crippen molar-refractivity contribution in [3.05, 3.63) is 70.3 Å². The molecule has 2 aromatic rings. The van der Waals surface area contributed by atoms with Gasteiger partial charge in [0.25, 0.3) is 11.8 Å². The van der Waals surface area contributed by atoms with Gasteiger partial charge in [0.15, 0.2) is 11.5 Å². The highest BCUT2D eigenvalue weighted by Crippen LogP contribution is 2.35. The van der Waals surface area contributed by atoms with Gasteiger partial charge in [0.1, 0.15) is 11.6 Å². The van der Waals surface area contributed by atoms with Crippen LogP contribution in [-0.4, -0.2) is 28.9 Å². The molecule has 1 atom stereocenters. The Labute approximate surface area is 178 Å². The molecule has 0 saturated carbocycles. The molecule has 2 aliphatic heterocycles. The number of nitrogens with zero attached hydrogens (tertiary/aromatic N) is 3. The molecule has 2 aromatic carbocycles. The summed E-state index contributed by atoms with van der Waals surface area (Å²) in [5.74, 6) is -0.787. The fraction of sp³-hybridized carbons (Fsp3) is 0.182. The number of hydrogen-bond donors (Lipinski definition) is 2. The molecule has 7 nitrogen and oxygen atoms in total. The van der Waals surface area contributed by atoms with E-state index < -0.39 is 17.5 Å². The van der Waals surface area contributed by atoms with E-state index in [0.29, 0.717) is 10.6 Å². The molecule has 150 valence electrons. The number of hydrazine groups is 1. The van der Waals surface area contributed by atoms with E-state index in [9.17, 15) is 14.9 Å². The molecule has 0 aliphatic carbocycles. The Balaban J connectivity index is 1.84. The molecule has 2 aliphatic rings. The number of imide groups is 1. The predicted octanol–water partition coefficient (Wildman–Crippen LogP) is 2.93. The molecule has 2 amide bonds. The normalized spacial score (nSPS) is 21.3. The van der Waals surface area contributed by atoms with Crippen molar-refractivity contribution in [2.75, 3.05) is 6.26 Å². The maximum absolute atomic E-state index is 12.3. The highest BCUT2D eigenvalue weighted by atomic mass is 32.2. The lowest BCUT2D eigenvalue weighted by molar-refractivity contribution is -0.139. The second-order valence-corrected chi connectivity index (χ2v) is 7.94. The molecule has 0 saturated heterocycles. The maximum Gasteiger partial charge on any atom is 0.275 e. The standard InChI is InChI=1S/C22H19N5O2S/c1-13-11-18(28)27(21(13)29)26-19-16(12-23)20(30-3)25-22(2,24-19)17-10-6-8-14-7-4-5-9-15(14)17/h4-11,25H,1-3H3,(H,24,26). The van der Waals surface area contributed by atoms with Gasteiger partial charge in [-0.3, -0.25) is 15.0 Å². The summed E-state index contributed by atoms with van der Waals surface area (Å²) >= 11 is 1.37. The van der Waals surface area contributed by atoms with Crippen molar-refractivity contribution in [2.45, 2.75) is 19.5 Å². The molecule has 30 heavy (non-hydrogen) atoms. The molecule has 0 spiro atoms. The van der Waals surface area contributed by atoms with Crippen molar-refractivity contribution in [3.8, 4) is 6.07 Å². The number of hydrogen-bond acceptors (Lipinski definition) is 7. The van der Waals surface area contributed by atoms with Gasteiger partial charge < -0.3 is 5.32 Å². The average molecular weight is 417 g/mol. The van der Waals surface area contributed by atoms with E-state index in [1.54, 1.807) is 6.92 Å². The fourth-order valence-electron chi connectivity index (χ4n) is 3.61. The summed E-state index contributed by atoms with van der Waals surface area (Å²) in [5.41, 5.74) is 3.34. The first kappa shape index (κ1) is 19.7. The number of aliphatic imine (C=N–C) groups is 1. The molecule has 8 heteroatoms. The van der Waals surface area contributed by atoms with Gasteiger partial charge in [-0.05, 0) is 30.9 Å². The third-order valence-electron chi connectivity index (χ3n) is 5.10. The molecule has 2 heterocycles. The number of rotatable bonds is 3. The van der Waals surface area contributed by atoms with Gasteiger partial charge in [0.05, 0.1) is 5.03 Å². The van der Waals surface area contributed by atoms with Crippen LogP contribution in [0.25, 0.3) is 10.8 Å². The highest BCUT2D eigenvalue weighted by molar-refractivity contribution is 8.02. The van der Waals surface area contributed by atoms with E-state index in [0.717, 1.165) is 21.3 Å². The third-order valence-corrected chi connectivity index (χ3v) is 5.82. The van der Waals surface area contributed by atoms with Crippen molar-refractivity contribution in [1.82, 2.24) is 15.8 Å². The van der Waals surface area contributed by atoms with Gasteiger partial charge in [0, 0.05) is 17.2 Å². The minimum absolute atomic E-state index is 0.167. The number of fused-ring (bicyclic) bond motifs is 1. The van der Waals surface area contributed by atoms with Crippen molar-refractivity contribution in [3.63, 3.8) is 0 Å². The van der Waals surface area contributed by atoms with Crippen molar-refractivity contribution in [1.29, 1.82) is 5.26 Å². The fourth-order valence-corrected chi connectivity index (χ4v) is 4.26. The summed E-state index contributed by atoms with van der Waals surface area (Å²) in [6.45, 7) is 3.47. The Morgan fingerprint density at radius 1 is 1.20 bits per heavy atom. The van der Waals surface area contributed by atoms with Crippen LogP contribution in [0.5, 0.6) is 0 Å². The molecule has 2 N–H and O–H groups in total. The van der Waals surface area contributed by atoms with Crippen molar-refractivity contribution < 1.29 is 9.59 Å². The molecule has 1 unspecified atom stereocenters. The van der Waals surface area contributed by atoms with Crippen molar-refractivity contribution >= 4 is 40.2 Å². The smallest absolute Gasteiger partial charge is 0.275 e. The first-order chi connectivity index (χ1) is 14.4. The quantitative estimate of drug-likeness (QED) is 0.746. The number of amides is 2.